The maximum absolute atomic E-state index is 12.1. The highest BCUT2D eigenvalue weighted by molar-refractivity contribution is 5.96. The Labute approximate surface area is 109 Å². The summed E-state index contributed by atoms with van der Waals surface area (Å²) >= 11 is 0. The van der Waals surface area contributed by atoms with Crippen LogP contribution in [-0.4, -0.2) is 20.5 Å². The first-order chi connectivity index (χ1) is 8.99. The molecule has 98 valence electrons. The zero-order chi connectivity index (χ0) is 14.0. The second-order valence-corrected chi connectivity index (χ2v) is 4.31. The highest BCUT2D eigenvalue weighted by Gasteiger charge is 2.14. The summed E-state index contributed by atoms with van der Waals surface area (Å²) in [5, 5.41) is 14.6. The molecule has 6 nitrogen and oxygen atoms in total. The zero-order valence-electron chi connectivity index (χ0n) is 10.7. The van der Waals surface area contributed by atoms with Crippen molar-refractivity contribution >= 4 is 11.5 Å². The van der Waals surface area contributed by atoms with Crippen molar-refractivity contribution in [3.05, 3.63) is 57.4 Å². The minimum atomic E-state index is -0.445. The van der Waals surface area contributed by atoms with Crippen molar-refractivity contribution in [1.82, 2.24) is 9.78 Å². The first-order valence-corrected chi connectivity index (χ1v) is 5.74. The number of ketones is 1. The lowest BCUT2D eigenvalue weighted by molar-refractivity contribution is -0.384. The van der Waals surface area contributed by atoms with E-state index in [4.69, 9.17) is 0 Å². The number of aromatic nitrogens is 2. The monoisotopic (exact) mass is 259 g/mol. The quantitative estimate of drug-likeness (QED) is 0.478. The van der Waals surface area contributed by atoms with Gasteiger partial charge in [0.15, 0.2) is 5.78 Å². The number of carbonyl (C=O) groups is 1. The molecule has 1 aromatic carbocycles. The second kappa shape index (κ2) is 5.01. The van der Waals surface area contributed by atoms with Gasteiger partial charge in [-0.3, -0.25) is 19.6 Å². The van der Waals surface area contributed by atoms with Gasteiger partial charge in [-0.2, -0.15) is 5.10 Å². The number of hydrogen-bond acceptors (Lipinski definition) is 4. The number of Topliss-reactive ketones (excluding diaryl/α,β-unsaturated/α-hetero) is 1. The molecule has 0 aliphatic heterocycles. The van der Waals surface area contributed by atoms with Gasteiger partial charge >= 0.3 is 0 Å². The molecular formula is C13H13N3O3. The van der Waals surface area contributed by atoms with Gasteiger partial charge in [0.2, 0.25) is 0 Å². The Hall–Kier alpha value is -2.50. The van der Waals surface area contributed by atoms with E-state index in [1.807, 2.05) is 0 Å². The molecule has 6 heteroatoms. The Morgan fingerprint density at radius 1 is 1.42 bits per heavy atom. The van der Waals surface area contributed by atoms with Crippen molar-refractivity contribution in [3.63, 3.8) is 0 Å². The highest BCUT2D eigenvalue weighted by Crippen LogP contribution is 2.18. The molecule has 0 atom stereocenters. The van der Waals surface area contributed by atoms with Gasteiger partial charge in [-0.05, 0) is 24.1 Å². The number of nitro groups is 1. The summed E-state index contributed by atoms with van der Waals surface area (Å²) in [4.78, 5) is 22.3. The zero-order valence-corrected chi connectivity index (χ0v) is 10.7. The summed E-state index contributed by atoms with van der Waals surface area (Å²) < 4.78 is 1.52. The average Bonchev–Trinajstić information content (AvgIpc) is 2.77. The van der Waals surface area contributed by atoms with Crippen molar-refractivity contribution in [2.45, 2.75) is 13.3 Å². The van der Waals surface area contributed by atoms with Crippen LogP contribution in [0, 0.1) is 17.0 Å². The van der Waals surface area contributed by atoms with Crippen molar-refractivity contribution in [3.8, 4) is 0 Å². The molecule has 0 spiro atoms. The fourth-order valence-corrected chi connectivity index (χ4v) is 1.90. The van der Waals surface area contributed by atoms with Crippen molar-refractivity contribution in [2.75, 3.05) is 0 Å². The lowest BCUT2D eigenvalue weighted by Gasteiger charge is -2.05. The van der Waals surface area contributed by atoms with Gasteiger partial charge in [-0.25, -0.2) is 0 Å². The molecule has 0 saturated carbocycles. The average molecular weight is 259 g/mol. The van der Waals surface area contributed by atoms with Crippen LogP contribution in [0.1, 0.15) is 21.6 Å². The van der Waals surface area contributed by atoms with E-state index in [2.05, 4.69) is 5.10 Å². The molecule has 0 fully saturated rings. The second-order valence-electron chi connectivity index (χ2n) is 4.31. The van der Waals surface area contributed by atoms with Crippen LogP contribution in [0.3, 0.4) is 0 Å². The summed E-state index contributed by atoms with van der Waals surface area (Å²) in [6.07, 6.45) is 1.78. The molecule has 0 saturated heterocycles. The van der Waals surface area contributed by atoms with Gasteiger partial charge < -0.3 is 0 Å². The molecule has 0 aliphatic carbocycles. The number of carbonyl (C=O) groups excluding carboxylic acids is 1. The topological polar surface area (TPSA) is 78.0 Å². The Kier molecular flexibility index (Phi) is 3.41. The highest BCUT2D eigenvalue weighted by atomic mass is 16.6. The number of hydrogen-bond donors (Lipinski definition) is 0. The summed E-state index contributed by atoms with van der Waals surface area (Å²) in [6, 6.07) is 6.18. The summed E-state index contributed by atoms with van der Waals surface area (Å²) in [5.41, 5.74) is 2.09. The first kappa shape index (κ1) is 12.9. The summed E-state index contributed by atoms with van der Waals surface area (Å²) in [7, 11) is 1.70. The number of nitrogens with zero attached hydrogens (tertiary/aromatic N) is 3. The molecule has 0 unspecified atom stereocenters. The van der Waals surface area contributed by atoms with Crippen LogP contribution in [0.25, 0.3) is 0 Å². The van der Waals surface area contributed by atoms with Gasteiger partial charge in [-0.1, -0.05) is 6.07 Å². The Balaban J connectivity index is 2.23. The normalized spacial score (nSPS) is 10.4. The van der Waals surface area contributed by atoms with Crippen LogP contribution in [0.15, 0.2) is 30.5 Å². The predicted octanol–water partition coefficient (Wildman–Crippen LogP) is 2.06. The van der Waals surface area contributed by atoms with Gasteiger partial charge in [0.25, 0.3) is 5.69 Å². The van der Waals surface area contributed by atoms with Crippen molar-refractivity contribution in [2.24, 2.45) is 7.05 Å². The largest absolute Gasteiger partial charge is 0.292 e. The maximum atomic E-state index is 12.1. The lowest BCUT2D eigenvalue weighted by Crippen LogP contribution is -2.10. The Morgan fingerprint density at radius 3 is 2.68 bits per heavy atom. The van der Waals surface area contributed by atoms with E-state index < -0.39 is 4.92 Å². The number of non-ortho nitro benzene ring substituents is 1. The molecule has 1 aromatic heterocycles. The van der Waals surface area contributed by atoms with E-state index in [0.717, 1.165) is 11.1 Å². The number of benzene rings is 1. The van der Waals surface area contributed by atoms with Crippen LogP contribution < -0.4 is 0 Å². The van der Waals surface area contributed by atoms with Gasteiger partial charge in [0, 0.05) is 31.8 Å². The molecule has 0 radical (unpaired) electrons. The summed E-state index contributed by atoms with van der Waals surface area (Å²) in [6.45, 7) is 1.76. The predicted molar refractivity (Wildman–Crippen MR) is 69.1 cm³/mol. The molecule has 2 rings (SSSR count). The lowest BCUT2D eigenvalue weighted by atomic mass is 10.0. The van der Waals surface area contributed by atoms with Crippen LogP contribution in [0.4, 0.5) is 5.69 Å². The molecule has 0 N–H and O–H groups in total. The standard InChI is InChI=1S/C13H13N3O3/c1-9-7-11(16(18)19)4-3-10(9)8-13(17)12-5-6-14-15(12)2/h3-7H,8H2,1-2H3. The van der Waals surface area contributed by atoms with E-state index in [0.29, 0.717) is 5.69 Å². The number of rotatable bonds is 4. The third-order valence-electron chi connectivity index (χ3n) is 2.99. The van der Waals surface area contributed by atoms with E-state index in [9.17, 15) is 14.9 Å². The maximum Gasteiger partial charge on any atom is 0.269 e. The van der Waals surface area contributed by atoms with Crippen molar-refractivity contribution in [1.29, 1.82) is 0 Å². The minimum Gasteiger partial charge on any atom is -0.292 e. The molecule has 0 aliphatic rings. The third-order valence-corrected chi connectivity index (χ3v) is 2.99. The van der Waals surface area contributed by atoms with E-state index >= 15 is 0 Å². The molecule has 0 amide bonds. The van der Waals surface area contributed by atoms with Crippen LogP contribution in [0.2, 0.25) is 0 Å². The van der Waals surface area contributed by atoms with Gasteiger partial charge in [0.05, 0.1) is 4.92 Å². The Bertz CT molecular complexity index is 646. The SMILES string of the molecule is Cc1cc([N+](=O)[O-])ccc1CC(=O)c1ccnn1C. The fraction of sp³-hybridized carbons (Fsp3) is 0.231. The molecule has 19 heavy (non-hydrogen) atoms. The Morgan fingerprint density at radius 2 is 2.16 bits per heavy atom. The summed E-state index contributed by atoms with van der Waals surface area (Å²) in [5.74, 6) is -0.0584. The van der Waals surface area contributed by atoms with E-state index in [1.165, 1.54) is 16.8 Å². The first-order valence-electron chi connectivity index (χ1n) is 5.74. The number of nitro benzene ring substituents is 1. The van der Waals surface area contributed by atoms with E-state index in [-0.39, 0.29) is 17.9 Å². The van der Waals surface area contributed by atoms with Crippen LogP contribution in [0.5, 0.6) is 0 Å². The minimum absolute atomic E-state index is 0.0363. The molecular weight excluding hydrogens is 246 g/mol. The smallest absolute Gasteiger partial charge is 0.269 e. The third kappa shape index (κ3) is 2.67. The van der Waals surface area contributed by atoms with Gasteiger partial charge in [-0.15, -0.1) is 0 Å². The fourth-order valence-electron chi connectivity index (χ4n) is 1.90. The molecule has 2 aromatic rings. The number of aryl methyl sites for hydroxylation is 2. The van der Waals surface area contributed by atoms with Crippen molar-refractivity contribution < 1.29 is 9.72 Å². The van der Waals surface area contributed by atoms with Crippen LogP contribution in [-0.2, 0) is 13.5 Å². The molecule has 0 bridgehead atoms. The van der Waals surface area contributed by atoms with Gasteiger partial charge in [0.1, 0.15) is 5.69 Å². The van der Waals surface area contributed by atoms with Crippen LogP contribution >= 0.6 is 0 Å². The van der Waals surface area contributed by atoms with E-state index in [1.54, 1.807) is 32.3 Å². The molecule has 1 heterocycles.